The normalized spacial score (nSPS) is 12.2. The van der Waals surface area contributed by atoms with E-state index in [9.17, 15) is 19.1 Å². The van der Waals surface area contributed by atoms with Crippen LogP contribution in [0.5, 0.6) is 0 Å². The number of nitrogens with zero attached hydrogens (tertiary/aromatic N) is 1. The number of oxazole rings is 1. The lowest BCUT2D eigenvalue weighted by Crippen LogP contribution is -2.13. The van der Waals surface area contributed by atoms with E-state index in [1.807, 2.05) is 0 Å². The van der Waals surface area contributed by atoms with Gasteiger partial charge in [0.05, 0.1) is 10.7 Å². The molecule has 1 aromatic heterocycles. The van der Waals surface area contributed by atoms with Gasteiger partial charge in [-0.15, -0.1) is 0 Å². The third-order valence-corrected chi connectivity index (χ3v) is 5.53. The Balaban J connectivity index is 1.54. The number of hydrogen-bond donors (Lipinski definition) is 2. The van der Waals surface area contributed by atoms with Crippen LogP contribution in [0.3, 0.4) is 0 Å². The molecule has 0 bridgehead atoms. The van der Waals surface area contributed by atoms with Crippen molar-refractivity contribution in [2.45, 2.75) is 5.92 Å². The number of rotatable bonds is 6. The van der Waals surface area contributed by atoms with Crippen molar-refractivity contribution in [2.24, 2.45) is 0 Å². The summed E-state index contributed by atoms with van der Waals surface area (Å²) in [6.45, 7) is 0. The van der Waals surface area contributed by atoms with Crippen LogP contribution in [-0.4, -0.2) is 22.0 Å². The van der Waals surface area contributed by atoms with Gasteiger partial charge in [0.1, 0.15) is 17.3 Å². The number of carboxylic acids is 1. The van der Waals surface area contributed by atoms with Gasteiger partial charge in [-0.3, -0.25) is 9.59 Å². The second-order valence-corrected chi connectivity index (χ2v) is 7.89. The molecule has 1 atom stereocenters. The summed E-state index contributed by atoms with van der Waals surface area (Å²) in [5.74, 6) is -3.07. The molecule has 1 heterocycles. The van der Waals surface area contributed by atoms with Gasteiger partial charge in [-0.05, 0) is 59.2 Å². The number of aliphatic carboxylic acids is 1. The number of hydrogen-bond acceptors (Lipinski definition) is 4. The molecule has 2 N–H and O–H groups in total. The zero-order chi connectivity index (χ0) is 23.5. The molecule has 0 saturated carbocycles. The molecule has 0 aliphatic heterocycles. The fourth-order valence-corrected chi connectivity index (χ4v) is 3.84. The molecule has 0 saturated heterocycles. The quantitative estimate of drug-likeness (QED) is 0.320. The zero-order valence-electron chi connectivity index (χ0n) is 16.8. The van der Waals surface area contributed by atoms with Crippen LogP contribution in [0.4, 0.5) is 10.1 Å². The van der Waals surface area contributed by atoms with Crippen molar-refractivity contribution in [3.63, 3.8) is 0 Å². The summed E-state index contributed by atoms with van der Waals surface area (Å²) in [5.41, 5.74) is 2.85. The number of benzene rings is 3. The van der Waals surface area contributed by atoms with Crippen LogP contribution in [-0.2, 0) is 9.59 Å². The summed E-state index contributed by atoms with van der Waals surface area (Å²) >= 11 is 12.3. The Hall–Kier alpha value is -3.68. The largest absolute Gasteiger partial charge is 0.481 e. The number of halogens is 3. The van der Waals surface area contributed by atoms with Gasteiger partial charge in [-0.1, -0.05) is 41.4 Å². The average Bonchev–Trinajstić information content (AvgIpc) is 3.24. The van der Waals surface area contributed by atoms with Crippen molar-refractivity contribution in [1.29, 1.82) is 0 Å². The number of carboxylic acid groups (broad SMARTS) is 1. The Morgan fingerprint density at radius 3 is 2.61 bits per heavy atom. The minimum Gasteiger partial charge on any atom is -0.481 e. The third kappa shape index (κ3) is 5.05. The molecule has 33 heavy (non-hydrogen) atoms. The Kier molecular flexibility index (Phi) is 6.44. The van der Waals surface area contributed by atoms with E-state index in [2.05, 4.69) is 10.3 Å². The van der Waals surface area contributed by atoms with Gasteiger partial charge in [-0.2, -0.15) is 0 Å². The van der Waals surface area contributed by atoms with E-state index >= 15 is 0 Å². The first kappa shape index (κ1) is 22.5. The number of carbonyl (C=O) groups excluding carboxylic acids is 1. The molecular formula is C24H15Cl2FN2O4. The van der Waals surface area contributed by atoms with Crippen LogP contribution in [0.2, 0.25) is 10.0 Å². The monoisotopic (exact) mass is 484 g/mol. The second-order valence-electron chi connectivity index (χ2n) is 7.08. The molecule has 166 valence electrons. The Morgan fingerprint density at radius 2 is 1.88 bits per heavy atom. The second kappa shape index (κ2) is 9.44. The van der Waals surface area contributed by atoms with E-state index in [0.29, 0.717) is 27.8 Å². The van der Waals surface area contributed by atoms with Crippen molar-refractivity contribution >= 4 is 57.9 Å². The minimum atomic E-state index is -1.07. The number of nitrogens with one attached hydrogen (secondary N) is 1. The van der Waals surface area contributed by atoms with Crippen molar-refractivity contribution in [2.75, 3.05) is 5.32 Å². The maximum atomic E-state index is 13.1. The fraction of sp³-hybridized carbons (Fsp3) is 0.0417. The van der Waals surface area contributed by atoms with E-state index in [4.69, 9.17) is 27.6 Å². The lowest BCUT2D eigenvalue weighted by atomic mass is 9.90. The van der Waals surface area contributed by atoms with Crippen molar-refractivity contribution < 1.29 is 23.5 Å². The molecule has 0 spiro atoms. The predicted molar refractivity (Wildman–Crippen MR) is 124 cm³/mol. The van der Waals surface area contributed by atoms with Crippen LogP contribution >= 0.6 is 23.2 Å². The van der Waals surface area contributed by atoms with E-state index in [0.717, 1.165) is 6.07 Å². The molecule has 4 rings (SSSR count). The first-order chi connectivity index (χ1) is 15.8. The number of aromatic nitrogens is 1. The predicted octanol–water partition coefficient (Wildman–Crippen LogP) is 6.14. The summed E-state index contributed by atoms with van der Waals surface area (Å²) < 4.78 is 18.3. The summed E-state index contributed by atoms with van der Waals surface area (Å²) in [7, 11) is 0. The Bertz CT molecular complexity index is 1400. The zero-order valence-corrected chi connectivity index (χ0v) is 18.3. The highest BCUT2D eigenvalue weighted by molar-refractivity contribution is 6.34. The summed E-state index contributed by atoms with van der Waals surface area (Å²) in [6, 6.07) is 13.4. The maximum absolute atomic E-state index is 13.1. The fourth-order valence-electron chi connectivity index (χ4n) is 3.33. The highest BCUT2D eigenvalue weighted by Crippen LogP contribution is 2.33. The molecule has 9 heteroatoms. The number of carbonyl (C=O) groups is 2. The smallest absolute Gasteiger partial charge is 0.315 e. The molecule has 0 radical (unpaired) electrons. The molecule has 0 fully saturated rings. The van der Waals surface area contributed by atoms with Gasteiger partial charge in [0.2, 0.25) is 5.91 Å². The number of amides is 1. The lowest BCUT2D eigenvalue weighted by molar-refractivity contribution is -0.137. The van der Waals surface area contributed by atoms with Crippen LogP contribution in [0.25, 0.3) is 17.2 Å². The maximum Gasteiger partial charge on any atom is 0.315 e. The minimum absolute atomic E-state index is 0.0765. The molecule has 1 unspecified atom stereocenters. The van der Waals surface area contributed by atoms with Gasteiger partial charge in [-0.25, -0.2) is 9.37 Å². The van der Waals surface area contributed by atoms with Gasteiger partial charge < -0.3 is 14.8 Å². The standard InChI is InChI=1S/C24H15Cl2FN2O4/c25-17-9-13(2-8-22(30)29-19-6-4-15(27)11-18(19)26)1-5-16(17)23(24(31)32)14-3-7-21-20(10-14)28-12-33-21/h1-12,23H,(H,29,30)(H,31,32). The highest BCUT2D eigenvalue weighted by Gasteiger charge is 2.25. The van der Waals surface area contributed by atoms with Crippen LogP contribution in [0.15, 0.2) is 71.5 Å². The molecule has 6 nitrogen and oxygen atoms in total. The average molecular weight is 485 g/mol. The first-order valence-corrected chi connectivity index (χ1v) is 10.4. The highest BCUT2D eigenvalue weighted by atomic mass is 35.5. The number of anilines is 1. The molecular weight excluding hydrogens is 470 g/mol. The van der Waals surface area contributed by atoms with Gasteiger partial charge in [0.25, 0.3) is 0 Å². The molecule has 4 aromatic rings. The van der Waals surface area contributed by atoms with E-state index in [1.165, 1.54) is 30.7 Å². The third-order valence-electron chi connectivity index (χ3n) is 4.89. The van der Waals surface area contributed by atoms with Gasteiger partial charge in [0, 0.05) is 11.1 Å². The first-order valence-electron chi connectivity index (χ1n) is 9.61. The Morgan fingerprint density at radius 1 is 1.06 bits per heavy atom. The molecule has 3 aromatic carbocycles. The van der Waals surface area contributed by atoms with Crippen molar-refractivity contribution in [1.82, 2.24) is 4.98 Å². The summed E-state index contributed by atoms with van der Waals surface area (Å²) in [6.07, 6.45) is 4.07. The van der Waals surface area contributed by atoms with E-state index < -0.39 is 23.6 Å². The van der Waals surface area contributed by atoms with Crippen molar-refractivity contribution in [3.05, 3.63) is 99.6 Å². The van der Waals surface area contributed by atoms with E-state index in [-0.39, 0.29) is 15.7 Å². The molecule has 0 aliphatic rings. The van der Waals surface area contributed by atoms with Gasteiger partial charge in [0.15, 0.2) is 12.0 Å². The molecule has 0 aliphatic carbocycles. The number of fused-ring (bicyclic) bond motifs is 1. The van der Waals surface area contributed by atoms with Gasteiger partial charge >= 0.3 is 5.97 Å². The summed E-state index contributed by atoms with van der Waals surface area (Å²) in [4.78, 5) is 28.3. The van der Waals surface area contributed by atoms with Crippen LogP contribution in [0, 0.1) is 5.82 Å². The molecule has 1 amide bonds. The van der Waals surface area contributed by atoms with Crippen LogP contribution < -0.4 is 5.32 Å². The SMILES string of the molecule is O=C(C=Cc1ccc(C(C(=O)O)c2ccc3ocnc3c2)c(Cl)c1)Nc1ccc(F)cc1Cl. The summed E-state index contributed by atoms with van der Waals surface area (Å²) in [5, 5.41) is 12.7. The van der Waals surface area contributed by atoms with E-state index in [1.54, 1.807) is 36.4 Å². The Labute approximate surface area is 197 Å². The van der Waals surface area contributed by atoms with Crippen molar-refractivity contribution in [3.8, 4) is 0 Å². The lowest BCUT2D eigenvalue weighted by Gasteiger charge is -2.15. The van der Waals surface area contributed by atoms with Crippen LogP contribution in [0.1, 0.15) is 22.6 Å². The topological polar surface area (TPSA) is 92.4 Å².